The van der Waals surface area contributed by atoms with Crippen molar-refractivity contribution in [1.82, 2.24) is 4.90 Å². The van der Waals surface area contributed by atoms with Crippen LogP contribution in [0.3, 0.4) is 0 Å². The van der Waals surface area contributed by atoms with Crippen LogP contribution in [0, 0.1) is 11.6 Å². The number of hydrogen-bond donors (Lipinski definition) is 0. The Morgan fingerprint density at radius 2 is 1.55 bits per heavy atom. The number of halogens is 2. The summed E-state index contributed by atoms with van der Waals surface area (Å²) in [6.45, 7) is 1.49. The second-order valence-electron chi connectivity index (χ2n) is 7.34. The fourth-order valence-corrected chi connectivity index (χ4v) is 5.16. The summed E-state index contributed by atoms with van der Waals surface area (Å²) in [7, 11) is -1.85. The van der Waals surface area contributed by atoms with Crippen molar-refractivity contribution in [2.45, 2.75) is 12.3 Å². The molecule has 0 amide bonds. The van der Waals surface area contributed by atoms with Gasteiger partial charge in [0, 0.05) is 24.4 Å². The Morgan fingerprint density at radius 1 is 1.00 bits per heavy atom. The zero-order valence-electron chi connectivity index (χ0n) is 16.1. The van der Waals surface area contributed by atoms with Gasteiger partial charge in [-0.25, -0.2) is 17.2 Å². The van der Waals surface area contributed by atoms with Crippen LogP contribution in [-0.4, -0.2) is 46.4 Å². The smallest absolute Gasteiger partial charge is 0.184 e. The van der Waals surface area contributed by atoms with Gasteiger partial charge in [-0.05, 0) is 35.9 Å². The summed E-state index contributed by atoms with van der Waals surface area (Å²) in [5.41, 5.74) is 2.41. The van der Waals surface area contributed by atoms with Crippen molar-refractivity contribution in [1.29, 1.82) is 0 Å². The molecule has 2 fully saturated rings. The van der Waals surface area contributed by atoms with E-state index in [9.17, 15) is 17.2 Å². The van der Waals surface area contributed by atoms with Crippen molar-refractivity contribution in [3.05, 3.63) is 76.4 Å². The predicted molar refractivity (Wildman–Crippen MR) is 105 cm³/mol. The van der Waals surface area contributed by atoms with Crippen LogP contribution in [0.5, 0.6) is 0 Å². The summed E-state index contributed by atoms with van der Waals surface area (Å²) in [5, 5.41) is 0. The van der Waals surface area contributed by atoms with Crippen LogP contribution in [-0.2, 0) is 19.3 Å². The quantitative estimate of drug-likeness (QED) is 0.757. The van der Waals surface area contributed by atoms with Crippen LogP contribution >= 0.6 is 0 Å². The average Bonchev–Trinajstić information content (AvgIpc) is 3.14. The van der Waals surface area contributed by atoms with Crippen LogP contribution in [0.4, 0.5) is 8.78 Å². The van der Waals surface area contributed by atoms with E-state index in [0.29, 0.717) is 25.3 Å². The van der Waals surface area contributed by atoms with Gasteiger partial charge in [-0.3, -0.25) is 4.90 Å². The fraction of sp³-hybridized carbons (Fsp3) is 0.333. The summed E-state index contributed by atoms with van der Waals surface area (Å²) in [4.78, 5) is 1.96. The van der Waals surface area contributed by atoms with Crippen molar-refractivity contribution in [2.75, 3.05) is 33.1 Å². The molecule has 0 aromatic heterocycles. The molecule has 1 atom stereocenters. The molecule has 2 aliphatic rings. The number of sulfone groups is 1. The van der Waals surface area contributed by atoms with Gasteiger partial charge in [-0.2, -0.15) is 0 Å². The lowest BCUT2D eigenvalue weighted by Crippen LogP contribution is -2.41. The molecule has 0 N–H and O–H groups in total. The predicted octanol–water partition coefficient (Wildman–Crippen LogP) is 3.45. The van der Waals surface area contributed by atoms with Crippen LogP contribution in [0.25, 0.3) is 4.91 Å². The maximum Gasteiger partial charge on any atom is 0.184 e. The first-order valence-corrected chi connectivity index (χ1v) is 11.1. The molecule has 2 heterocycles. The van der Waals surface area contributed by atoms with Crippen LogP contribution in [0.1, 0.15) is 29.0 Å². The van der Waals surface area contributed by atoms with E-state index in [-0.39, 0.29) is 22.8 Å². The zero-order chi connectivity index (χ0) is 20.8. The van der Waals surface area contributed by atoms with Gasteiger partial charge < -0.3 is 9.47 Å². The number of nitrogens with zero attached hydrogens (tertiary/aromatic N) is 1. The highest BCUT2D eigenvalue weighted by Gasteiger charge is 2.37. The normalized spacial score (nSPS) is 22.6. The molecule has 0 bridgehead atoms. The van der Waals surface area contributed by atoms with Gasteiger partial charge in [0.25, 0.3) is 0 Å². The van der Waals surface area contributed by atoms with Crippen molar-refractivity contribution in [3.63, 3.8) is 0 Å². The second-order valence-corrected chi connectivity index (χ2v) is 9.30. The maximum atomic E-state index is 13.8. The van der Waals surface area contributed by atoms with Crippen molar-refractivity contribution < 1.29 is 26.7 Å². The number of rotatable bonds is 4. The highest BCUT2D eigenvalue weighted by atomic mass is 32.2. The monoisotopic (exact) mass is 421 g/mol. The molecule has 0 saturated carbocycles. The van der Waals surface area contributed by atoms with E-state index in [1.54, 1.807) is 0 Å². The number of likely N-dealkylation sites (tertiary alicyclic amines) is 1. The molecule has 29 heavy (non-hydrogen) atoms. The number of hydrogen-bond acceptors (Lipinski definition) is 5. The average molecular weight is 421 g/mol. The number of benzene rings is 2. The Balaban J connectivity index is 1.76. The van der Waals surface area contributed by atoms with E-state index in [1.807, 2.05) is 36.2 Å². The second kappa shape index (κ2) is 7.60. The maximum absolute atomic E-state index is 13.8. The topological polar surface area (TPSA) is 55.8 Å². The Hall–Kier alpha value is -2.13. The van der Waals surface area contributed by atoms with Crippen molar-refractivity contribution in [3.8, 4) is 0 Å². The van der Waals surface area contributed by atoms with Gasteiger partial charge >= 0.3 is 0 Å². The SMILES string of the molecule is CN1CC(=C(c2cc(F)cc(F)c2)S(C)(=O)=O)C1c1ccc(C2OCCO2)cc1. The molecule has 2 saturated heterocycles. The Bertz CT molecular complexity index is 1040. The van der Waals surface area contributed by atoms with Gasteiger partial charge in [0.05, 0.1) is 24.2 Å². The first-order chi connectivity index (χ1) is 13.7. The summed E-state index contributed by atoms with van der Waals surface area (Å²) < 4.78 is 63.6. The van der Waals surface area contributed by atoms with Gasteiger partial charge in [-0.1, -0.05) is 24.3 Å². The largest absolute Gasteiger partial charge is 0.346 e. The Labute approximate surface area is 168 Å². The Kier molecular flexibility index (Phi) is 5.29. The van der Waals surface area contributed by atoms with Gasteiger partial charge in [0.15, 0.2) is 16.1 Å². The minimum atomic E-state index is -3.72. The van der Waals surface area contributed by atoms with E-state index in [1.165, 1.54) is 0 Å². The zero-order valence-corrected chi connectivity index (χ0v) is 16.9. The third kappa shape index (κ3) is 3.98. The summed E-state index contributed by atoms with van der Waals surface area (Å²) in [5.74, 6) is -1.63. The van der Waals surface area contributed by atoms with E-state index in [0.717, 1.165) is 35.6 Å². The van der Waals surface area contributed by atoms with E-state index < -0.39 is 21.5 Å². The lowest BCUT2D eigenvalue weighted by Gasteiger charge is -2.42. The first-order valence-electron chi connectivity index (χ1n) is 9.17. The summed E-state index contributed by atoms with van der Waals surface area (Å²) in [6, 6.07) is 10.1. The van der Waals surface area contributed by atoms with E-state index in [2.05, 4.69) is 0 Å². The van der Waals surface area contributed by atoms with Crippen LogP contribution in [0.15, 0.2) is 48.0 Å². The van der Waals surface area contributed by atoms with Gasteiger partial charge in [0.1, 0.15) is 11.6 Å². The standard InChI is InChI=1S/C21H21F2NO4S/c1-24-12-18(20(29(2,25)26)15-9-16(22)11-17(23)10-15)19(24)13-3-5-14(6-4-13)21-27-7-8-28-21/h3-6,9-11,19,21H,7-8,12H2,1-2H3. The summed E-state index contributed by atoms with van der Waals surface area (Å²) in [6.07, 6.45) is 0.672. The lowest BCUT2D eigenvalue weighted by molar-refractivity contribution is -0.0441. The van der Waals surface area contributed by atoms with Crippen molar-refractivity contribution in [2.24, 2.45) is 0 Å². The van der Waals surface area contributed by atoms with Gasteiger partial charge in [0.2, 0.25) is 0 Å². The molecular weight excluding hydrogens is 400 g/mol. The molecule has 0 spiro atoms. The van der Waals surface area contributed by atoms with Crippen LogP contribution in [0.2, 0.25) is 0 Å². The highest BCUT2D eigenvalue weighted by Crippen LogP contribution is 2.43. The molecule has 8 heteroatoms. The third-order valence-corrected chi connectivity index (χ3v) is 6.36. The third-order valence-electron chi connectivity index (χ3n) is 5.12. The molecule has 0 aliphatic carbocycles. The van der Waals surface area contributed by atoms with Gasteiger partial charge in [-0.15, -0.1) is 0 Å². The minimum absolute atomic E-state index is 0.0227. The number of likely N-dealkylation sites (N-methyl/N-ethyl adjacent to an activating group) is 1. The number of ether oxygens (including phenoxy) is 2. The molecule has 2 aromatic rings. The first kappa shape index (κ1) is 20.2. The summed E-state index contributed by atoms with van der Waals surface area (Å²) >= 11 is 0. The minimum Gasteiger partial charge on any atom is -0.346 e. The molecule has 1 unspecified atom stereocenters. The van der Waals surface area contributed by atoms with Crippen molar-refractivity contribution >= 4 is 14.7 Å². The molecule has 154 valence electrons. The highest BCUT2D eigenvalue weighted by molar-refractivity contribution is 8.00. The van der Waals surface area contributed by atoms with Crippen LogP contribution < -0.4 is 0 Å². The van der Waals surface area contributed by atoms with E-state index in [4.69, 9.17) is 9.47 Å². The molecule has 4 rings (SSSR count). The molecule has 2 aliphatic heterocycles. The molecular formula is C21H21F2NO4S. The molecule has 2 aromatic carbocycles. The fourth-order valence-electron chi connectivity index (χ4n) is 3.96. The lowest BCUT2D eigenvalue weighted by atomic mass is 9.87. The Morgan fingerprint density at radius 3 is 2.07 bits per heavy atom. The molecule has 0 radical (unpaired) electrons. The molecule has 5 nitrogen and oxygen atoms in total. The van der Waals surface area contributed by atoms with E-state index >= 15 is 0 Å².